The highest BCUT2D eigenvalue weighted by Gasteiger charge is 2.34. The van der Waals surface area contributed by atoms with Gasteiger partial charge in [0.25, 0.3) is 0 Å². The van der Waals surface area contributed by atoms with Crippen molar-refractivity contribution in [3.05, 3.63) is 90.1 Å². The van der Waals surface area contributed by atoms with Crippen LogP contribution in [-0.4, -0.2) is 46.8 Å². The lowest BCUT2D eigenvalue weighted by molar-refractivity contribution is -0.137. The summed E-state index contributed by atoms with van der Waals surface area (Å²) in [6.07, 6.45) is -4.66. The lowest BCUT2D eigenvalue weighted by atomic mass is 10.1. The zero-order valence-electron chi connectivity index (χ0n) is 23.7. The molecule has 0 saturated carbocycles. The van der Waals surface area contributed by atoms with E-state index >= 15 is 0 Å². The average Bonchev–Trinajstić information content (AvgIpc) is 3.27. The van der Waals surface area contributed by atoms with Crippen LogP contribution in [0.25, 0.3) is 16.8 Å². The molecule has 42 heavy (non-hydrogen) atoms. The number of hydrogen-bond donors (Lipinski definition) is 2. The van der Waals surface area contributed by atoms with Gasteiger partial charge in [0.05, 0.1) is 29.7 Å². The van der Waals surface area contributed by atoms with Crippen molar-refractivity contribution in [2.75, 3.05) is 30.8 Å². The van der Waals surface area contributed by atoms with E-state index in [1.54, 1.807) is 36.1 Å². The number of benzene rings is 3. The molecule has 8 nitrogen and oxygen atoms in total. The molecule has 0 unspecified atom stereocenters. The second-order valence-corrected chi connectivity index (χ2v) is 10.1. The van der Waals surface area contributed by atoms with Crippen LogP contribution in [0.3, 0.4) is 0 Å². The minimum atomic E-state index is -4.66. The summed E-state index contributed by atoms with van der Waals surface area (Å²) in [5.41, 5.74) is 1.48. The molecule has 0 aliphatic rings. The van der Waals surface area contributed by atoms with E-state index in [1.165, 1.54) is 23.1 Å². The summed E-state index contributed by atoms with van der Waals surface area (Å²) >= 11 is 0. The molecule has 220 valence electrons. The second kappa shape index (κ2) is 12.8. The van der Waals surface area contributed by atoms with Crippen molar-refractivity contribution in [1.29, 1.82) is 0 Å². The highest BCUT2D eigenvalue weighted by molar-refractivity contribution is 5.99. The van der Waals surface area contributed by atoms with Crippen molar-refractivity contribution in [3.63, 3.8) is 0 Å². The molecule has 4 aromatic rings. The molecule has 3 amide bonds. The van der Waals surface area contributed by atoms with Crippen LogP contribution in [-0.2, 0) is 11.0 Å². The van der Waals surface area contributed by atoms with Crippen LogP contribution < -0.4 is 15.4 Å². The van der Waals surface area contributed by atoms with Crippen molar-refractivity contribution in [2.45, 2.75) is 26.9 Å². The van der Waals surface area contributed by atoms with E-state index in [0.29, 0.717) is 28.5 Å². The Balaban J connectivity index is 1.65. The summed E-state index contributed by atoms with van der Waals surface area (Å²) in [7, 11) is 1.56. The first-order chi connectivity index (χ1) is 20.0. The first kappa shape index (κ1) is 30.2. The minimum Gasteiger partial charge on any atom is -0.497 e. The highest BCUT2D eigenvalue weighted by Crippen LogP contribution is 2.35. The molecule has 3 aromatic carbocycles. The van der Waals surface area contributed by atoms with E-state index in [2.05, 4.69) is 15.7 Å². The molecular formula is C31H32F3N5O3. The number of nitrogens with one attached hydrogen (secondary N) is 2. The number of methoxy groups -OCH3 is 1. The normalized spacial score (nSPS) is 11.3. The maximum Gasteiger partial charge on any atom is 0.418 e. The van der Waals surface area contributed by atoms with Crippen LogP contribution >= 0.6 is 0 Å². The van der Waals surface area contributed by atoms with Crippen LogP contribution in [0.5, 0.6) is 5.75 Å². The third-order valence-corrected chi connectivity index (χ3v) is 6.38. The Hall–Kier alpha value is -4.80. The molecule has 11 heteroatoms. The van der Waals surface area contributed by atoms with Crippen LogP contribution in [0.4, 0.5) is 29.5 Å². The van der Waals surface area contributed by atoms with Gasteiger partial charge in [-0.3, -0.25) is 4.79 Å². The Bertz CT molecular complexity index is 1530. The Morgan fingerprint density at radius 2 is 1.60 bits per heavy atom. The van der Waals surface area contributed by atoms with Crippen LogP contribution in [0.15, 0.2) is 78.9 Å². The summed E-state index contributed by atoms with van der Waals surface area (Å²) in [6.45, 7) is 5.25. The number of aryl methyl sites for hydroxylation is 1. The van der Waals surface area contributed by atoms with Crippen molar-refractivity contribution >= 4 is 23.4 Å². The van der Waals surface area contributed by atoms with Gasteiger partial charge < -0.3 is 20.3 Å². The molecule has 0 radical (unpaired) electrons. The van der Waals surface area contributed by atoms with Gasteiger partial charge in [0.1, 0.15) is 18.1 Å². The number of rotatable bonds is 9. The van der Waals surface area contributed by atoms with Gasteiger partial charge in [0.2, 0.25) is 5.91 Å². The zero-order chi connectivity index (χ0) is 30.4. The molecule has 0 aliphatic carbocycles. The first-order valence-corrected chi connectivity index (χ1v) is 13.3. The van der Waals surface area contributed by atoms with E-state index in [0.717, 1.165) is 11.6 Å². The fourth-order valence-corrected chi connectivity index (χ4v) is 4.54. The Morgan fingerprint density at radius 3 is 2.21 bits per heavy atom. The third-order valence-electron chi connectivity index (χ3n) is 6.38. The van der Waals surface area contributed by atoms with Crippen LogP contribution in [0.1, 0.15) is 25.1 Å². The van der Waals surface area contributed by atoms with E-state index in [-0.39, 0.29) is 18.2 Å². The Labute approximate surface area is 242 Å². The summed E-state index contributed by atoms with van der Waals surface area (Å²) < 4.78 is 47.4. The van der Waals surface area contributed by atoms with Gasteiger partial charge in [-0.05, 0) is 54.8 Å². The lowest BCUT2D eigenvalue weighted by Crippen LogP contribution is -2.43. The van der Waals surface area contributed by atoms with Crippen molar-refractivity contribution < 1.29 is 27.5 Å². The molecule has 0 aliphatic heterocycles. The largest absolute Gasteiger partial charge is 0.497 e. The number of ether oxygens (including phenoxy) is 1. The molecular weight excluding hydrogens is 547 g/mol. The molecule has 1 heterocycles. The third kappa shape index (κ3) is 7.09. The van der Waals surface area contributed by atoms with Gasteiger partial charge in [-0.2, -0.15) is 18.3 Å². The molecule has 0 fully saturated rings. The Kier molecular flexibility index (Phi) is 9.19. The van der Waals surface area contributed by atoms with Crippen LogP contribution in [0, 0.1) is 12.8 Å². The minimum absolute atomic E-state index is 0.0617. The number of urea groups is 1. The van der Waals surface area contributed by atoms with Crippen molar-refractivity contribution in [1.82, 2.24) is 14.7 Å². The molecule has 0 saturated heterocycles. The van der Waals surface area contributed by atoms with E-state index in [1.807, 2.05) is 51.1 Å². The monoisotopic (exact) mass is 579 g/mol. The van der Waals surface area contributed by atoms with Gasteiger partial charge >= 0.3 is 12.2 Å². The average molecular weight is 580 g/mol. The Morgan fingerprint density at radius 1 is 0.952 bits per heavy atom. The smallest absolute Gasteiger partial charge is 0.418 e. The van der Waals surface area contributed by atoms with Crippen molar-refractivity contribution in [2.24, 2.45) is 5.92 Å². The summed E-state index contributed by atoms with van der Waals surface area (Å²) in [5, 5.41) is 9.93. The van der Waals surface area contributed by atoms with Gasteiger partial charge in [-0.1, -0.05) is 56.3 Å². The molecule has 1 aromatic heterocycles. The SMILES string of the molecule is COc1ccc(-n2nc(C)c(-c3ccccc3)c2NC(=O)CN(CC(C)C)C(=O)Nc2ccccc2C(F)(F)F)cc1. The maximum atomic E-state index is 13.5. The predicted molar refractivity (Wildman–Crippen MR) is 156 cm³/mol. The van der Waals surface area contributed by atoms with E-state index in [9.17, 15) is 22.8 Å². The highest BCUT2D eigenvalue weighted by atomic mass is 19.4. The summed E-state index contributed by atoms with van der Waals surface area (Å²) in [4.78, 5) is 27.9. The summed E-state index contributed by atoms with van der Waals surface area (Å²) in [6, 6.07) is 20.5. The standard InChI is InChI=1S/C31H32F3N5O3/c1-20(2)18-38(30(41)35-26-13-9-8-12-25(26)31(32,33)34)19-27(40)36-29-28(22-10-6-5-7-11-22)21(3)37-39(29)23-14-16-24(42-4)17-15-23/h5-17,20H,18-19H2,1-4H3,(H,35,41)(H,36,40). The molecule has 0 atom stereocenters. The molecule has 0 spiro atoms. The quantitative estimate of drug-likeness (QED) is 0.223. The fourth-order valence-electron chi connectivity index (χ4n) is 4.54. The number of halogens is 3. The van der Waals surface area contributed by atoms with Gasteiger partial charge in [-0.25, -0.2) is 9.48 Å². The number of nitrogens with zero attached hydrogens (tertiary/aromatic N) is 3. The van der Waals surface area contributed by atoms with Gasteiger partial charge in [0.15, 0.2) is 0 Å². The topological polar surface area (TPSA) is 88.5 Å². The number of carbonyl (C=O) groups excluding carboxylic acids is 2. The zero-order valence-corrected chi connectivity index (χ0v) is 23.7. The van der Waals surface area contributed by atoms with Gasteiger partial charge in [0, 0.05) is 12.1 Å². The van der Waals surface area contributed by atoms with Crippen molar-refractivity contribution in [3.8, 4) is 22.6 Å². The first-order valence-electron chi connectivity index (χ1n) is 13.3. The fraction of sp³-hybridized carbons (Fsp3) is 0.258. The summed E-state index contributed by atoms with van der Waals surface area (Å²) in [5.74, 6) is 0.440. The number of para-hydroxylation sites is 1. The molecule has 0 bridgehead atoms. The number of carbonyl (C=O) groups is 2. The second-order valence-electron chi connectivity index (χ2n) is 10.1. The number of aromatic nitrogens is 2. The van der Waals surface area contributed by atoms with Gasteiger partial charge in [-0.15, -0.1) is 0 Å². The van der Waals surface area contributed by atoms with E-state index < -0.39 is 30.2 Å². The lowest BCUT2D eigenvalue weighted by Gasteiger charge is -2.25. The molecule has 2 N–H and O–H groups in total. The number of anilines is 2. The number of alkyl halides is 3. The van der Waals surface area contributed by atoms with E-state index in [4.69, 9.17) is 4.74 Å². The maximum absolute atomic E-state index is 13.5. The predicted octanol–water partition coefficient (Wildman–Crippen LogP) is 7.00. The number of hydrogen-bond acceptors (Lipinski definition) is 4. The molecule has 4 rings (SSSR count). The van der Waals surface area contributed by atoms with Crippen LogP contribution in [0.2, 0.25) is 0 Å². The number of amides is 3.